The average molecular weight is 488 g/mol. The lowest BCUT2D eigenvalue weighted by molar-refractivity contribution is -0.153. The van der Waals surface area contributed by atoms with Crippen molar-refractivity contribution in [3.63, 3.8) is 0 Å². The Bertz CT molecular complexity index is 1300. The van der Waals surface area contributed by atoms with Crippen LogP contribution in [0.2, 0.25) is 5.02 Å². The van der Waals surface area contributed by atoms with Gasteiger partial charge in [0.2, 0.25) is 0 Å². The maximum atomic E-state index is 13.1. The number of amides is 1. The van der Waals surface area contributed by atoms with Crippen LogP contribution < -0.4 is 4.74 Å². The minimum Gasteiger partial charge on any atom is -0.497 e. The second kappa shape index (κ2) is 10.3. The van der Waals surface area contributed by atoms with E-state index in [4.69, 9.17) is 21.1 Å². The summed E-state index contributed by atoms with van der Waals surface area (Å²) in [7, 11) is 1.64. The van der Waals surface area contributed by atoms with Crippen LogP contribution in [0.4, 0.5) is 0 Å². The van der Waals surface area contributed by atoms with Crippen LogP contribution in [-0.4, -0.2) is 46.7 Å². The van der Waals surface area contributed by atoms with E-state index in [2.05, 4.69) is 17.1 Å². The Hall–Kier alpha value is -3.61. The maximum absolute atomic E-state index is 13.1. The predicted octanol–water partition coefficient (Wildman–Crippen LogP) is 5.17. The summed E-state index contributed by atoms with van der Waals surface area (Å²) in [6, 6.07) is 23.8. The van der Waals surface area contributed by atoms with E-state index in [9.17, 15) is 4.79 Å². The van der Waals surface area contributed by atoms with Crippen molar-refractivity contribution in [2.45, 2.75) is 19.1 Å². The molecule has 1 unspecified atom stereocenters. The van der Waals surface area contributed by atoms with E-state index in [0.717, 1.165) is 33.8 Å². The molecule has 6 nitrogen and oxygen atoms in total. The summed E-state index contributed by atoms with van der Waals surface area (Å²) in [6.07, 6.45) is 3.63. The van der Waals surface area contributed by atoms with E-state index in [1.807, 2.05) is 76.3 Å². The van der Waals surface area contributed by atoms with Crippen molar-refractivity contribution in [3.05, 3.63) is 102 Å². The fourth-order valence-electron chi connectivity index (χ4n) is 4.23. The molecule has 1 amide bonds. The van der Waals surface area contributed by atoms with Crippen molar-refractivity contribution in [1.82, 2.24) is 14.5 Å². The number of benzene rings is 3. The van der Waals surface area contributed by atoms with E-state index >= 15 is 0 Å². The van der Waals surface area contributed by atoms with Crippen molar-refractivity contribution < 1.29 is 14.3 Å². The topological polar surface area (TPSA) is 56.6 Å². The highest BCUT2D eigenvalue weighted by molar-refractivity contribution is 6.30. The highest BCUT2D eigenvalue weighted by atomic mass is 35.5. The quantitative estimate of drug-likeness (QED) is 0.361. The largest absolute Gasteiger partial charge is 0.497 e. The van der Waals surface area contributed by atoms with Crippen LogP contribution in [0.15, 0.2) is 85.3 Å². The number of halogens is 1. The predicted molar refractivity (Wildman–Crippen MR) is 136 cm³/mol. The zero-order valence-electron chi connectivity index (χ0n) is 19.4. The fraction of sp³-hybridized carbons (Fsp3) is 0.214. The van der Waals surface area contributed by atoms with Gasteiger partial charge in [0.05, 0.1) is 25.7 Å². The summed E-state index contributed by atoms with van der Waals surface area (Å²) in [4.78, 5) is 19.5. The number of ether oxygens (including phenoxy) is 2. The second-order valence-electron chi connectivity index (χ2n) is 8.50. The molecule has 3 aromatic carbocycles. The molecule has 2 heterocycles. The van der Waals surface area contributed by atoms with Gasteiger partial charge in [-0.15, -0.1) is 0 Å². The number of hydrogen-bond donors (Lipinski definition) is 0. The number of imidazole rings is 1. The SMILES string of the molecule is COc1ccc(CN2CCOC(Cc3cn(-c4cccc(-c5ccc(Cl)cc5)c4)cn3)C2=O)cc1. The minimum atomic E-state index is -0.536. The van der Waals surface area contributed by atoms with Crippen LogP contribution in [0.1, 0.15) is 11.3 Å². The fourth-order valence-corrected chi connectivity index (χ4v) is 4.36. The molecule has 0 radical (unpaired) electrons. The summed E-state index contributed by atoms with van der Waals surface area (Å²) in [5, 5.41) is 0.714. The maximum Gasteiger partial charge on any atom is 0.252 e. The number of morpholine rings is 1. The van der Waals surface area contributed by atoms with Crippen molar-refractivity contribution in [1.29, 1.82) is 0 Å². The highest BCUT2D eigenvalue weighted by Gasteiger charge is 2.30. The molecule has 1 aliphatic heterocycles. The number of carbonyl (C=O) groups is 1. The van der Waals surface area contributed by atoms with Gasteiger partial charge in [0.25, 0.3) is 5.91 Å². The van der Waals surface area contributed by atoms with Crippen LogP contribution in [-0.2, 0) is 22.5 Å². The number of hydrogen-bond acceptors (Lipinski definition) is 4. The van der Waals surface area contributed by atoms with Gasteiger partial charge in [0.1, 0.15) is 11.9 Å². The molecule has 35 heavy (non-hydrogen) atoms. The molecule has 0 spiro atoms. The van der Waals surface area contributed by atoms with Crippen LogP contribution in [0.3, 0.4) is 0 Å². The Morgan fingerprint density at radius 1 is 1.06 bits per heavy atom. The van der Waals surface area contributed by atoms with Gasteiger partial charge in [0.15, 0.2) is 0 Å². The molecule has 0 bridgehead atoms. The monoisotopic (exact) mass is 487 g/mol. The van der Waals surface area contributed by atoms with Crippen molar-refractivity contribution >= 4 is 17.5 Å². The number of carbonyl (C=O) groups excluding carboxylic acids is 1. The summed E-state index contributed by atoms with van der Waals surface area (Å²) >= 11 is 6.03. The van der Waals surface area contributed by atoms with Crippen molar-refractivity contribution in [2.75, 3.05) is 20.3 Å². The van der Waals surface area contributed by atoms with Crippen LogP contribution >= 0.6 is 11.6 Å². The van der Waals surface area contributed by atoms with Gasteiger partial charge in [0, 0.05) is 36.4 Å². The molecule has 1 saturated heterocycles. The molecular formula is C28H26ClN3O3. The van der Waals surface area contributed by atoms with E-state index in [1.165, 1.54) is 0 Å². The number of rotatable bonds is 7. The van der Waals surface area contributed by atoms with Gasteiger partial charge in [-0.1, -0.05) is 48.0 Å². The third kappa shape index (κ3) is 5.39. The lowest BCUT2D eigenvalue weighted by Gasteiger charge is -2.32. The van der Waals surface area contributed by atoms with Gasteiger partial charge < -0.3 is 18.9 Å². The normalized spacial score (nSPS) is 15.9. The van der Waals surface area contributed by atoms with Gasteiger partial charge in [-0.25, -0.2) is 4.98 Å². The van der Waals surface area contributed by atoms with Crippen LogP contribution in [0, 0.1) is 0 Å². The summed E-state index contributed by atoms with van der Waals surface area (Å²) < 4.78 is 13.0. The molecule has 0 aliphatic carbocycles. The first-order valence-corrected chi connectivity index (χ1v) is 11.9. The third-order valence-corrected chi connectivity index (χ3v) is 6.40. The Kier molecular flexibility index (Phi) is 6.84. The standard InChI is InChI=1S/C28H26ClN3O3/c1-34-26-11-5-20(6-12-26)17-31-13-14-35-27(28(31)33)16-24-18-32(19-30-24)25-4-2-3-22(15-25)21-7-9-23(29)10-8-21/h2-12,15,18-19,27H,13-14,16-17H2,1H3. The number of methoxy groups -OCH3 is 1. The first kappa shape index (κ1) is 23.1. The molecule has 1 atom stereocenters. The summed E-state index contributed by atoms with van der Waals surface area (Å²) in [5.41, 5.74) is 5.05. The molecule has 1 aliphatic rings. The van der Waals surface area contributed by atoms with E-state index < -0.39 is 6.10 Å². The second-order valence-corrected chi connectivity index (χ2v) is 8.94. The first-order chi connectivity index (χ1) is 17.1. The summed E-state index contributed by atoms with van der Waals surface area (Å²) in [5.74, 6) is 0.792. The Morgan fingerprint density at radius 2 is 1.86 bits per heavy atom. The lowest BCUT2D eigenvalue weighted by Crippen LogP contribution is -2.48. The number of aromatic nitrogens is 2. The van der Waals surface area contributed by atoms with E-state index in [0.29, 0.717) is 31.1 Å². The van der Waals surface area contributed by atoms with E-state index in [1.54, 1.807) is 13.4 Å². The molecule has 5 rings (SSSR count). The number of nitrogens with zero attached hydrogens (tertiary/aromatic N) is 3. The molecule has 0 N–H and O–H groups in total. The van der Waals surface area contributed by atoms with Gasteiger partial charge in [-0.05, 0) is 53.1 Å². The van der Waals surface area contributed by atoms with Crippen molar-refractivity contribution in [3.8, 4) is 22.6 Å². The zero-order chi connectivity index (χ0) is 24.2. The Labute approximate surface area is 209 Å². The lowest BCUT2D eigenvalue weighted by atomic mass is 10.1. The van der Waals surface area contributed by atoms with Gasteiger partial charge in [-0.3, -0.25) is 4.79 Å². The Balaban J connectivity index is 1.26. The smallest absolute Gasteiger partial charge is 0.252 e. The Morgan fingerprint density at radius 3 is 2.63 bits per heavy atom. The summed E-state index contributed by atoms with van der Waals surface area (Å²) in [6.45, 7) is 1.64. The zero-order valence-corrected chi connectivity index (χ0v) is 20.2. The van der Waals surface area contributed by atoms with Crippen molar-refractivity contribution in [2.24, 2.45) is 0 Å². The third-order valence-electron chi connectivity index (χ3n) is 6.15. The molecule has 1 aromatic heterocycles. The van der Waals surface area contributed by atoms with Crippen LogP contribution in [0.25, 0.3) is 16.8 Å². The molecule has 4 aromatic rings. The molecule has 178 valence electrons. The molecule has 0 saturated carbocycles. The molecule has 1 fully saturated rings. The molecule has 7 heteroatoms. The van der Waals surface area contributed by atoms with E-state index in [-0.39, 0.29) is 5.91 Å². The minimum absolute atomic E-state index is 0.00801. The molecular weight excluding hydrogens is 462 g/mol. The van der Waals surface area contributed by atoms with Gasteiger partial charge in [-0.2, -0.15) is 0 Å². The highest BCUT2D eigenvalue weighted by Crippen LogP contribution is 2.24. The first-order valence-electron chi connectivity index (χ1n) is 11.5. The van der Waals surface area contributed by atoms with Gasteiger partial charge >= 0.3 is 0 Å². The van der Waals surface area contributed by atoms with Crippen LogP contribution in [0.5, 0.6) is 5.75 Å². The average Bonchev–Trinajstić information content (AvgIpc) is 3.36.